The van der Waals surface area contributed by atoms with Crippen molar-refractivity contribution < 1.29 is 0 Å². The fourth-order valence-corrected chi connectivity index (χ4v) is 2.96. The van der Waals surface area contributed by atoms with Gasteiger partial charge in [0.2, 0.25) is 0 Å². The van der Waals surface area contributed by atoms with Gasteiger partial charge in [-0.05, 0) is 63.4 Å². The van der Waals surface area contributed by atoms with Crippen molar-refractivity contribution in [2.45, 2.75) is 25.7 Å². The summed E-state index contributed by atoms with van der Waals surface area (Å²) >= 11 is 5.79. The highest BCUT2D eigenvalue weighted by Gasteiger charge is 2.16. The first-order valence-electron chi connectivity index (χ1n) is 8.41. The number of rotatable bonds is 6. The van der Waals surface area contributed by atoms with Crippen molar-refractivity contribution in [2.24, 2.45) is 10.9 Å². The zero-order chi connectivity index (χ0) is 16.5. The third kappa shape index (κ3) is 7.98. The van der Waals surface area contributed by atoms with E-state index in [-0.39, 0.29) is 24.0 Å². The number of aliphatic imine (C=N–C) groups is 1. The minimum Gasteiger partial charge on any atom is -0.356 e. The van der Waals surface area contributed by atoms with Crippen LogP contribution in [0.1, 0.15) is 24.8 Å². The van der Waals surface area contributed by atoms with Gasteiger partial charge in [-0.25, -0.2) is 4.98 Å². The van der Waals surface area contributed by atoms with Gasteiger partial charge in [0.1, 0.15) is 5.15 Å². The molecule has 0 radical (unpaired) electrons. The topological polar surface area (TPSA) is 52.6 Å². The maximum Gasteiger partial charge on any atom is 0.190 e. The monoisotopic (exact) mass is 465 g/mol. The van der Waals surface area contributed by atoms with Gasteiger partial charge in [-0.2, -0.15) is 0 Å². The van der Waals surface area contributed by atoms with Crippen LogP contribution in [0.2, 0.25) is 5.15 Å². The van der Waals surface area contributed by atoms with E-state index in [9.17, 15) is 0 Å². The number of nitrogens with zero attached hydrogens (tertiary/aromatic N) is 3. The molecular weight excluding hydrogens is 437 g/mol. The number of hydrogen-bond acceptors (Lipinski definition) is 3. The van der Waals surface area contributed by atoms with Crippen molar-refractivity contribution in [3.63, 3.8) is 0 Å². The fourth-order valence-electron chi connectivity index (χ4n) is 2.85. The lowest BCUT2D eigenvalue weighted by Gasteiger charge is -2.29. The molecule has 0 unspecified atom stereocenters. The second-order valence-corrected chi connectivity index (χ2v) is 6.59. The zero-order valence-corrected chi connectivity index (χ0v) is 17.7. The van der Waals surface area contributed by atoms with Crippen LogP contribution in [0, 0.1) is 5.92 Å². The van der Waals surface area contributed by atoms with Gasteiger partial charge in [0.05, 0.1) is 0 Å². The minimum absolute atomic E-state index is 0. The smallest absolute Gasteiger partial charge is 0.190 e. The van der Waals surface area contributed by atoms with E-state index in [1.165, 1.54) is 37.9 Å². The number of nitrogens with one attached hydrogen (secondary N) is 2. The number of guanidine groups is 1. The molecule has 1 aliphatic heterocycles. The van der Waals surface area contributed by atoms with Crippen LogP contribution in [0.15, 0.2) is 23.3 Å². The Morgan fingerprint density at radius 2 is 2.00 bits per heavy atom. The third-order valence-electron chi connectivity index (χ3n) is 4.40. The lowest BCUT2D eigenvalue weighted by molar-refractivity contribution is 0.213. The maximum atomic E-state index is 5.79. The van der Waals surface area contributed by atoms with E-state index in [4.69, 9.17) is 11.6 Å². The summed E-state index contributed by atoms with van der Waals surface area (Å²) < 4.78 is 0. The van der Waals surface area contributed by atoms with Crippen molar-refractivity contribution in [3.05, 3.63) is 29.0 Å². The van der Waals surface area contributed by atoms with E-state index < -0.39 is 0 Å². The molecule has 0 amide bonds. The molecule has 5 nitrogen and oxygen atoms in total. The summed E-state index contributed by atoms with van der Waals surface area (Å²) in [6.45, 7) is 4.27. The first-order valence-corrected chi connectivity index (χ1v) is 8.78. The van der Waals surface area contributed by atoms with Crippen LogP contribution in [-0.2, 0) is 6.42 Å². The number of pyridine rings is 1. The van der Waals surface area contributed by atoms with Crippen molar-refractivity contribution in [3.8, 4) is 0 Å². The van der Waals surface area contributed by atoms with Crippen LogP contribution >= 0.6 is 35.6 Å². The molecule has 0 bridgehead atoms. The van der Waals surface area contributed by atoms with Gasteiger partial charge in [0.25, 0.3) is 0 Å². The van der Waals surface area contributed by atoms with Crippen LogP contribution in [0.5, 0.6) is 0 Å². The molecular formula is C17H29ClIN5. The van der Waals surface area contributed by atoms with Crippen LogP contribution in [0.25, 0.3) is 0 Å². The van der Waals surface area contributed by atoms with Crippen molar-refractivity contribution in [2.75, 3.05) is 40.3 Å². The second kappa shape index (κ2) is 11.9. The van der Waals surface area contributed by atoms with E-state index in [2.05, 4.69) is 32.6 Å². The van der Waals surface area contributed by atoms with Gasteiger partial charge in [-0.3, -0.25) is 4.99 Å². The molecule has 0 aliphatic carbocycles. The van der Waals surface area contributed by atoms with Crippen molar-refractivity contribution in [1.29, 1.82) is 0 Å². The average Bonchev–Trinajstić information content (AvgIpc) is 2.57. The Balaban J connectivity index is 0.00000288. The lowest BCUT2D eigenvalue weighted by Crippen LogP contribution is -2.39. The van der Waals surface area contributed by atoms with Gasteiger partial charge < -0.3 is 15.5 Å². The van der Waals surface area contributed by atoms with E-state index in [0.717, 1.165) is 31.4 Å². The molecule has 1 aliphatic rings. The minimum atomic E-state index is 0. The molecule has 2 N–H and O–H groups in total. The summed E-state index contributed by atoms with van der Waals surface area (Å²) in [5.41, 5.74) is 1.17. The molecule has 136 valence electrons. The Labute approximate surface area is 167 Å². The van der Waals surface area contributed by atoms with Crippen molar-refractivity contribution in [1.82, 2.24) is 20.5 Å². The van der Waals surface area contributed by atoms with Gasteiger partial charge in [-0.15, -0.1) is 24.0 Å². The standard InChI is InChI=1S/C17H28ClN5.HI/c1-19-17(20-9-5-14-7-11-23(2)12-8-14)21-10-6-15-3-4-16(18)22-13-15;/h3-4,13-14H,5-12H2,1-2H3,(H2,19,20,21);1H. The Morgan fingerprint density at radius 1 is 1.29 bits per heavy atom. The number of halogens is 2. The molecule has 0 aromatic carbocycles. The molecule has 0 spiro atoms. The first-order chi connectivity index (χ1) is 11.2. The third-order valence-corrected chi connectivity index (χ3v) is 4.63. The van der Waals surface area contributed by atoms with Crippen LogP contribution < -0.4 is 10.6 Å². The number of aromatic nitrogens is 1. The zero-order valence-electron chi connectivity index (χ0n) is 14.6. The van der Waals surface area contributed by atoms with E-state index >= 15 is 0 Å². The quantitative estimate of drug-likeness (QED) is 0.294. The molecule has 7 heteroatoms. The van der Waals surface area contributed by atoms with Crippen molar-refractivity contribution >= 4 is 41.5 Å². The average molecular weight is 466 g/mol. The van der Waals surface area contributed by atoms with Gasteiger partial charge in [0.15, 0.2) is 5.96 Å². The van der Waals surface area contributed by atoms with E-state index in [0.29, 0.717) is 5.15 Å². The molecule has 1 aromatic rings. The summed E-state index contributed by atoms with van der Waals surface area (Å²) in [5, 5.41) is 7.29. The largest absolute Gasteiger partial charge is 0.356 e. The molecule has 1 fully saturated rings. The van der Waals surface area contributed by atoms with E-state index in [1.54, 1.807) is 0 Å². The summed E-state index contributed by atoms with van der Waals surface area (Å²) in [5.74, 6) is 1.72. The molecule has 1 saturated heterocycles. The summed E-state index contributed by atoms with van der Waals surface area (Å²) in [7, 11) is 4.02. The molecule has 2 rings (SSSR count). The fraction of sp³-hybridized carbons (Fsp3) is 0.647. The van der Waals surface area contributed by atoms with Gasteiger partial charge in [-0.1, -0.05) is 17.7 Å². The predicted molar refractivity (Wildman–Crippen MR) is 113 cm³/mol. The Kier molecular flexibility index (Phi) is 10.6. The molecule has 2 heterocycles. The molecule has 0 atom stereocenters. The summed E-state index contributed by atoms with van der Waals surface area (Å²) in [6.07, 6.45) is 6.57. The summed E-state index contributed by atoms with van der Waals surface area (Å²) in [6, 6.07) is 3.83. The SMILES string of the molecule is CN=C(NCCc1ccc(Cl)nc1)NCCC1CCN(C)CC1.I. The molecule has 24 heavy (non-hydrogen) atoms. The summed E-state index contributed by atoms with van der Waals surface area (Å²) in [4.78, 5) is 10.8. The highest BCUT2D eigenvalue weighted by molar-refractivity contribution is 14.0. The van der Waals surface area contributed by atoms with Crippen LogP contribution in [0.4, 0.5) is 0 Å². The number of hydrogen-bond donors (Lipinski definition) is 2. The Morgan fingerprint density at radius 3 is 2.62 bits per heavy atom. The maximum absolute atomic E-state index is 5.79. The van der Waals surface area contributed by atoms with Crippen LogP contribution in [-0.4, -0.2) is 56.1 Å². The molecule has 0 saturated carbocycles. The lowest BCUT2D eigenvalue weighted by atomic mass is 9.94. The Bertz CT molecular complexity index is 486. The first kappa shape index (κ1) is 21.4. The molecule has 1 aromatic heterocycles. The number of piperidine rings is 1. The van der Waals surface area contributed by atoms with E-state index in [1.807, 2.05) is 25.4 Å². The highest BCUT2D eigenvalue weighted by atomic mass is 127. The highest BCUT2D eigenvalue weighted by Crippen LogP contribution is 2.18. The van der Waals surface area contributed by atoms with Gasteiger partial charge in [0, 0.05) is 26.3 Å². The van der Waals surface area contributed by atoms with Crippen LogP contribution in [0.3, 0.4) is 0 Å². The second-order valence-electron chi connectivity index (χ2n) is 6.20. The Hall–Kier alpha value is -0.600. The normalized spacial score (nSPS) is 16.5. The predicted octanol–water partition coefficient (Wildman–Crippen LogP) is 2.79. The number of likely N-dealkylation sites (tertiary alicyclic amines) is 1. The van der Waals surface area contributed by atoms with Gasteiger partial charge >= 0.3 is 0 Å².